The van der Waals surface area contributed by atoms with Gasteiger partial charge >= 0.3 is 0 Å². The molecule has 0 saturated carbocycles. The number of nitrogens with one attached hydrogen (secondary N) is 1. The first-order valence-corrected chi connectivity index (χ1v) is 12.6. The van der Waals surface area contributed by atoms with E-state index in [-0.39, 0.29) is 29.7 Å². The third-order valence-electron chi connectivity index (χ3n) is 6.17. The highest BCUT2D eigenvalue weighted by Crippen LogP contribution is 2.32. The first-order valence-electron chi connectivity index (χ1n) is 12.2. The highest BCUT2D eigenvalue weighted by molar-refractivity contribution is 6.30. The van der Waals surface area contributed by atoms with Crippen LogP contribution in [0.25, 0.3) is 0 Å². The number of anilines is 1. The van der Waals surface area contributed by atoms with Crippen LogP contribution in [0.2, 0.25) is 5.02 Å². The molecule has 192 valence electrons. The molecular formula is C29H31ClN4O3. The van der Waals surface area contributed by atoms with Crippen LogP contribution in [0.15, 0.2) is 78.8 Å². The molecule has 0 fully saturated rings. The van der Waals surface area contributed by atoms with E-state index in [0.29, 0.717) is 34.9 Å². The Kier molecular flexibility index (Phi) is 8.26. The summed E-state index contributed by atoms with van der Waals surface area (Å²) in [4.78, 5) is 34.7. The molecule has 1 aliphatic rings. The van der Waals surface area contributed by atoms with Crippen molar-refractivity contribution in [2.24, 2.45) is 0 Å². The van der Waals surface area contributed by atoms with E-state index in [4.69, 9.17) is 16.3 Å². The van der Waals surface area contributed by atoms with Crippen LogP contribution in [0.1, 0.15) is 47.1 Å². The average Bonchev–Trinajstić information content (AvgIpc) is 2.87. The minimum atomic E-state index is -0.389. The summed E-state index contributed by atoms with van der Waals surface area (Å²) in [5.41, 5.74) is 3.27. The van der Waals surface area contributed by atoms with Gasteiger partial charge in [-0.05, 0) is 75.4 Å². The highest BCUT2D eigenvalue weighted by Gasteiger charge is 2.30. The van der Waals surface area contributed by atoms with Crippen molar-refractivity contribution in [3.05, 3.63) is 100 Å². The monoisotopic (exact) mass is 518 g/mol. The van der Waals surface area contributed by atoms with E-state index in [1.807, 2.05) is 58.3 Å². The van der Waals surface area contributed by atoms with E-state index in [2.05, 4.69) is 15.2 Å². The number of carbonyl (C=O) groups is 2. The van der Waals surface area contributed by atoms with Crippen molar-refractivity contribution in [3.63, 3.8) is 0 Å². The van der Waals surface area contributed by atoms with E-state index in [9.17, 15) is 9.59 Å². The van der Waals surface area contributed by atoms with Crippen molar-refractivity contribution in [2.75, 3.05) is 18.9 Å². The average molecular weight is 519 g/mol. The summed E-state index contributed by atoms with van der Waals surface area (Å²) in [6.45, 7) is 7.12. The summed E-state index contributed by atoms with van der Waals surface area (Å²) in [5, 5.41) is 3.57. The first-order chi connectivity index (χ1) is 17.7. The van der Waals surface area contributed by atoms with E-state index in [1.54, 1.807) is 47.6 Å². The molecule has 0 radical (unpaired) electrons. The van der Waals surface area contributed by atoms with Gasteiger partial charge in [-0.2, -0.15) is 0 Å². The largest absolute Gasteiger partial charge is 0.483 e. The standard InChI is InChI=1S/C29H31ClN4O3/c1-19(2)34-16-20(3)26(18-33(4)17-21-8-10-22(30)11-9-21)37-27-24(6-5-7-25(27)29(34)36)28(35)32-23-12-14-31-15-13-23/h5-16,19,26H,17-18H2,1-4H3,(H,31,32,35)/b20-16-. The Labute approximate surface area is 222 Å². The van der Waals surface area contributed by atoms with Crippen LogP contribution in [0, 0.1) is 0 Å². The number of aromatic nitrogens is 1. The summed E-state index contributed by atoms with van der Waals surface area (Å²) in [7, 11) is 2.01. The van der Waals surface area contributed by atoms with Crippen LogP contribution in [0.3, 0.4) is 0 Å². The third-order valence-corrected chi connectivity index (χ3v) is 6.43. The van der Waals surface area contributed by atoms with Gasteiger partial charge in [-0.1, -0.05) is 29.8 Å². The normalized spacial score (nSPS) is 16.9. The maximum Gasteiger partial charge on any atom is 0.261 e. The maximum atomic E-state index is 13.5. The quantitative estimate of drug-likeness (QED) is 0.438. The number of pyridine rings is 1. The van der Waals surface area contributed by atoms with E-state index < -0.39 is 0 Å². The topological polar surface area (TPSA) is 74.8 Å². The number of hydrogen-bond donors (Lipinski definition) is 1. The lowest BCUT2D eigenvalue weighted by Gasteiger charge is -2.33. The lowest BCUT2D eigenvalue weighted by Crippen LogP contribution is -2.40. The van der Waals surface area contributed by atoms with Gasteiger partial charge in [0.25, 0.3) is 11.8 Å². The van der Waals surface area contributed by atoms with Gasteiger partial charge < -0.3 is 15.0 Å². The summed E-state index contributed by atoms with van der Waals surface area (Å²) < 4.78 is 6.51. The molecule has 1 unspecified atom stereocenters. The Bertz CT molecular complexity index is 1290. The fourth-order valence-electron chi connectivity index (χ4n) is 4.19. The fraction of sp³-hybridized carbons (Fsp3) is 0.276. The molecule has 1 N–H and O–H groups in total. The predicted molar refractivity (Wildman–Crippen MR) is 146 cm³/mol. The van der Waals surface area contributed by atoms with Crippen LogP contribution in [-0.4, -0.2) is 52.3 Å². The lowest BCUT2D eigenvalue weighted by molar-refractivity contribution is 0.0761. The zero-order valence-corrected chi connectivity index (χ0v) is 22.2. The molecule has 37 heavy (non-hydrogen) atoms. The van der Waals surface area contributed by atoms with Crippen molar-refractivity contribution in [2.45, 2.75) is 39.5 Å². The Morgan fingerprint density at radius 3 is 2.51 bits per heavy atom. The fourth-order valence-corrected chi connectivity index (χ4v) is 4.32. The molecule has 0 aliphatic carbocycles. The first kappa shape index (κ1) is 26.4. The van der Waals surface area contributed by atoms with Crippen LogP contribution >= 0.6 is 11.6 Å². The summed E-state index contributed by atoms with van der Waals surface area (Å²) in [6.07, 6.45) is 4.68. The smallest absolute Gasteiger partial charge is 0.261 e. The number of para-hydroxylation sites is 1. The predicted octanol–water partition coefficient (Wildman–Crippen LogP) is 5.63. The number of rotatable bonds is 7. The molecule has 1 aromatic heterocycles. The van der Waals surface area contributed by atoms with Crippen molar-refractivity contribution in [1.29, 1.82) is 0 Å². The van der Waals surface area contributed by atoms with Crippen LogP contribution in [-0.2, 0) is 6.54 Å². The SMILES string of the molecule is C/C1=C/N(C(C)C)C(=O)c2cccc(C(=O)Nc3ccncc3)c2OC1CN(C)Cc1ccc(Cl)cc1. The number of hydrogen-bond acceptors (Lipinski definition) is 5. The number of ether oxygens (including phenoxy) is 1. The number of nitrogens with zero attached hydrogens (tertiary/aromatic N) is 3. The van der Waals surface area contributed by atoms with Crippen LogP contribution < -0.4 is 10.1 Å². The second-order valence-electron chi connectivity index (χ2n) is 9.48. The molecule has 3 aromatic rings. The van der Waals surface area contributed by atoms with Gasteiger partial charge in [-0.3, -0.25) is 19.5 Å². The molecule has 4 rings (SSSR count). The highest BCUT2D eigenvalue weighted by atomic mass is 35.5. The van der Waals surface area contributed by atoms with E-state index in [1.165, 1.54) is 0 Å². The molecule has 0 spiro atoms. The van der Waals surface area contributed by atoms with Gasteiger partial charge in [0.15, 0.2) is 0 Å². The Morgan fingerprint density at radius 1 is 1.14 bits per heavy atom. The van der Waals surface area contributed by atoms with E-state index in [0.717, 1.165) is 11.1 Å². The van der Waals surface area contributed by atoms with E-state index >= 15 is 0 Å². The minimum Gasteiger partial charge on any atom is -0.483 e. The summed E-state index contributed by atoms with van der Waals surface area (Å²) in [6, 6.07) is 16.2. The summed E-state index contributed by atoms with van der Waals surface area (Å²) in [5.74, 6) is -0.291. The zero-order valence-electron chi connectivity index (χ0n) is 21.4. The Hall–Kier alpha value is -3.68. The molecule has 8 heteroatoms. The number of carbonyl (C=O) groups excluding carboxylic acids is 2. The number of likely N-dealkylation sites (N-methyl/N-ethyl adjacent to an activating group) is 1. The minimum absolute atomic E-state index is 0.0739. The van der Waals surface area contributed by atoms with Gasteiger partial charge in [0.05, 0.1) is 11.1 Å². The molecule has 0 saturated heterocycles. The van der Waals surface area contributed by atoms with Crippen molar-refractivity contribution in [3.8, 4) is 5.75 Å². The maximum absolute atomic E-state index is 13.5. The molecule has 1 atom stereocenters. The Morgan fingerprint density at radius 2 is 1.84 bits per heavy atom. The van der Waals surface area contributed by atoms with Gasteiger partial charge in [-0.25, -0.2) is 0 Å². The van der Waals surface area contributed by atoms with Gasteiger partial charge in [0.1, 0.15) is 11.9 Å². The molecule has 2 heterocycles. The van der Waals surface area contributed by atoms with Gasteiger partial charge in [0, 0.05) is 48.4 Å². The molecule has 2 amide bonds. The second-order valence-corrected chi connectivity index (χ2v) is 9.92. The van der Waals surface area contributed by atoms with Crippen molar-refractivity contribution >= 4 is 29.1 Å². The molecule has 1 aliphatic heterocycles. The molecule has 2 aromatic carbocycles. The van der Waals surface area contributed by atoms with Crippen LogP contribution in [0.5, 0.6) is 5.75 Å². The molecular weight excluding hydrogens is 488 g/mol. The van der Waals surface area contributed by atoms with Crippen molar-refractivity contribution in [1.82, 2.24) is 14.8 Å². The number of benzene rings is 2. The van der Waals surface area contributed by atoms with Crippen molar-refractivity contribution < 1.29 is 14.3 Å². The summed E-state index contributed by atoms with van der Waals surface area (Å²) >= 11 is 6.04. The number of amides is 2. The number of fused-ring (bicyclic) bond motifs is 1. The van der Waals surface area contributed by atoms with Crippen LogP contribution in [0.4, 0.5) is 5.69 Å². The van der Waals surface area contributed by atoms with Gasteiger partial charge in [-0.15, -0.1) is 0 Å². The zero-order chi connectivity index (χ0) is 26.5. The van der Waals surface area contributed by atoms with Gasteiger partial charge in [0.2, 0.25) is 0 Å². The second kappa shape index (κ2) is 11.6. The lowest BCUT2D eigenvalue weighted by atomic mass is 10.0. The number of halogens is 1. The Balaban J connectivity index is 1.68. The molecule has 0 bridgehead atoms. The molecule has 7 nitrogen and oxygen atoms in total. The third kappa shape index (κ3) is 6.37.